The molecule has 0 saturated carbocycles. The van der Waals surface area contributed by atoms with Gasteiger partial charge < -0.3 is 50.3 Å². The lowest BCUT2D eigenvalue weighted by Crippen LogP contribution is -2.42. The first kappa shape index (κ1) is 42.0. The van der Waals surface area contributed by atoms with E-state index in [9.17, 15) is 19.2 Å². The molecule has 268 valence electrons. The molecule has 0 amide bonds. The fourth-order valence-corrected chi connectivity index (χ4v) is 4.37. The van der Waals surface area contributed by atoms with E-state index >= 15 is 0 Å². The summed E-state index contributed by atoms with van der Waals surface area (Å²) in [4.78, 5) is 43.8. The Kier molecular flexibility index (Phi) is 18.4. The molecule has 2 saturated heterocycles. The second-order valence-electron chi connectivity index (χ2n) is 11.0. The molecule has 2 aliphatic heterocycles. The van der Waals surface area contributed by atoms with Crippen molar-refractivity contribution < 1.29 is 69.5 Å². The number of carboxylic acids is 4. The van der Waals surface area contributed by atoms with Gasteiger partial charge in [0.25, 0.3) is 0 Å². The standard InChI is InChI=1S/2C12H17NO.2C4H6O6/c2*1-10-12(14-9-8-13(10)2)11-6-4-3-5-7-11;2*5-1(3(7)8)2(6)4(9)10/h2*3-7,10,12H,8-9H2,1-2H3;2*1-2,5-6H,(H,7,8)(H,9,10)/t2*10-,12+;;/m00../s1. The first-order valence-corrected chi connectivity index (χ1v) is 14.9. The summed E-state index contributed by atoms with van der Waals surface area (Å²) in [6, 6.07) is 21.8. The quantitative estimate of drug-likeness (QED) is 0.181. The topological polar surface area (TPSA) is 255 Å². The average molecular weight is 683 g/mol. The van der Waals surface area contributed by atoms with Crippen molar-refractivity contribution >= 4 is 23.9 Å². The Labute approximate surface area is 278 Å². The highest BCUT2D eigenvalue weighted by Crippen LogP contribution is 2.28. The van der Waals surface area contributed by atoms with E-state index < -0.39 is 48.3 Å². The van der Waals surface area contributed by atoms with Gasteiger partial charge in [-0.15, -0.1) is 0 Å². The molecule has 2 fully saturated rings. The summed E-state index contributed by atoms with van der Waals surface area (Å²) in [6.07, 6.45) is -8.60. The first-order chi connectivity index (χ1) is 22.5. The molecule has 2 aromatic carbocycles. The summed E-state index contributed by atoms with van der Waals surface area (Å²) >= 11 is 0. The molecule has 0 radical (unpaired) electrons. The predicted molar refractivity (Wildman–Crippen MR) is 169 cm³/mol. The van der Waals surface area contributed by atoms with Crippen LogP contribution in [0.2, 0.25) is 0 Å². The van der Waals surface area contributed by atoms with Crippen molar-refractivity contribution in [3.63, 3.8) is 0 Å². The van der Waals surface area contributed by atoms with E-state index in [0.29, 0.717) is 12.1 Å². The largest absolute Gasteiger partial charge is 0.479 e. The third-order valence-corrected chi connectivity index (χ3v) is 7.62. The molecule has 16 nitrogen and oxygen atoms in total. The van der Waals surface area contributed by atoms with E-state index in [1.54, 1.807) is 0 Å². The Bertz CT molecular complexity index is 1130. The molecule has 4 unspecified atom stereocenters. The van der Waals surface area contributed by atoms with Gasteiger partial charge in [0.15, 0.2) is 24.4 Å². The average Bonchev–Trinajstić information content (AvgIpc) is 3.07. The molecule has 16 heteroatoms. The highest BCUT2D eigenvalue weighted by Gasteiger charge is 2.31. The van der Waals surface area contributed by atoms with Gasteiger partial charge in [-0.25, -0.2) is 19.2 Å². The number of aliphatic hydroxyl groups excluding tert-OH is 4. The molecule has 2 aliphatic rings. The summed E-state index contributed by atoms with van der Waals surface area (Å²) in [6.45, 7) is 8.17. The number of carboxylic acid groups (broad SMARTS) is 4. The lowest BCUT2D eigenvalue weighted by atomic mass is 10.0. The predicted octanol–water partition coefficient (Wildman–Crippen LogP) is -0.0888. The fourth-order valence-electron chi connectivity index (χ4n) is 4.37. The molecular weight excluding hydrogens is 636 g/mol. The second-order valence-corrected chi connectivity index (χ2v) is 11.0. The monoisotopic (exact) mass is 682 g/mol. The maximum atomic E-state index is 9.77. The van der Waals surface area contributed by atoms with E-state index in [1.165, 1.54) is 11.1 Å². The van der Waals surface area contributed by atoms with Crippen molar-refractivity contribution in [3.05, 3.63) is 71.8 Å². The first-order valence-electron chi connectivity index (χ1n) is 14.9. The Morgan fingerprint density at radius 1 is 0.562 bits per heavy atom. The minimum atomic E-state index is -2.27. The van der Waals surface area contributed by atoms with Crippen LogP contribution < -0.4 is 0 Å². The van der Waals surface area contributed by atoms with Crippen LogP contribution in [0.15, 0.2) is 60.7 Å². The Morgan fingerprint density at radius 2 is 0.812 bits per heavy atom. The van der Waals surface area contributed by atoms with E-state index in [0.717, 1.165) is 26.3 Å². The van der Waals surface area contributed by atoms with Gasteiger partial charge in [-0.1, -0.05) is 60.7 Å². The maximum Gasteiger partial charge on any atom is 0.335 e. The number of morpholine rings is 2. The van der Waals surface area contributed by atoms with Crippen LogP contribution in [0.4, 0.5) is 0 Å². The molecule has 2 aromatic rings. The summed E-state index contributed by atoms with van der Waals surface area (Å²) in [5.41, 5.74) is 2.57. The smallest absolute Gasteiger partial charge is 0.335 e. The lowest BCUT2D eigenvalue weighted by molar-refractivity contribution is -0.165. The zero-order chi connectivity index (χ0) is 36.6. The molecule has 0 aliphatic carbocycles. The van der Waals surface area contributed by atoms with Crippen molar-refractivity contribution in [3.8, 4) is 0 Å². The third kappa shape index (κ3) is 13.6. The van der Waals surface area contributed by atoms with E-state index in [1.807, 2.05) is 12.1 Å². The van der Waals surface area contributed by atoms with E-state index in [-0.39, 0.29) is 12.2 Å². The van der Waals surface area contributed by atoms with E-state index in [2.05, 4.69) is 86.3 Å². The van der Waals surface area contributed by atoms with Crippen LogP contribution in [0.3, 0.4) is 0 Å². The van der Waals surface area contributed by atoms with Gasteiger partial charge in [-0.3, -0.25) is 9.80 Å². The van der Waals surface area contributed by atoms with Gasteiger partial charge in [0.05, 0.1) is 25.4 Å². The molecule has 2 heterocycles. The van der Waals surface area contributed by atoms with Gasteiger partial charge in [-0.2, -0.15) is 0 Å². The molecule has 48 heavy (non-hydrogen) atoms. The maximum absolute atomic E-state index is 9.77. The summed E-state index contributed by atoms with van der Waals surface area (Å²) in [7, 11) is 4.31. The fraction of sp³-hybridized carbons (Fsp3) is 0.500. The summed E-state index contributed by atoms with van der Waals surface area (Å²) < 4.78 is 11.6. The number of likely N-dealkylation sites (N-methyl/N-ethyl adjacent to an activating group) is 2. The zero-order valence-electron chi connectivity index (χ0n) is 27.1. The number of nitrogens with zero attached hydrogens (tertiary/aromatic N) is 2. The number of benzene rings is 2. The molecular formula is C32H46N2O14. The van der Waals surface area contributed by atoms with Gasteiger partial charge in [0.1, 0.15) is 0 Å². The number of rotatable bonds is 8. The Hall–Kier alpha value is -4.00. The summed E-state index contributed by atoms with van der Waals surface area (Å²) in [5.74, 6) is -7.07. The normalized spacial score (nSPS) is 23.5. The third-order valence-electron chi connectivity index (χ3n) is 7.62. The van der Waals surface area contributed by atoms with Gasteiger partial charge in [-0.05, 0) is 39.1 Å². The molecule has 8 atom stereocenters. The van der Waals surface area contributed by atoms with Crippen LogP contribution in [0.5, 0.6) is 0 Å². The molecule has 8 N–H and O–H groups in total. The Balaban J connectivity index is 0.000000325. The van der Waals surface area contributed by atoms with Crippen LogP contribution in [0, 0.1) is 0 Å². The van der Waals surface area contributed by atoms with Gasteiger partial charge >= 0.3 is 23.9 Å². The molecule has 0 aromatic heterocycles. The Morgan fingerprint density at radius 3 is 1.04 bits per heavy atom. The van der Waals surface area contributed by atoms with Crippen molar-refractivity contribution in [2.75, 3.05) is 40.4 Å². The number of aliphatic carboxylic acids is 4. The number of hydrogen-bond acceptors (Lipinski definition) is 12. The van der Waals surface area contributed by atoms with Gasteiger partial charge in [0.2, 0.25) is 0 Å². The lowest BCUT2D eigenvalue weighted by Gasteiger charge is -2.37. The van der Waals surface area contributed by atoms with Gasteiger partial charge in [0, 0.05) is 25.2 Å². The van der Waals surface area contributed by atoms with E-state index in [4.69, 9.17) is 50.3 Å². The number of hydrogen-bond donors (Lipinski definition) is 8. The molecule has 0 spiro atoms. The molecule has 0 bridgehead atoms. The van der Waals surface area contributed by atoms with Crippen LogP contribution in [0.1, 0.15) is 37.2 Å². The SMILES string of the molecule is C[C@H]1[C@H](c2ccccc2)OCCN1C.C[C@H]1[C@H](c2ccccc2)OCCN1C.O=C(O)C(O)C(O)C(=O)O.O=C(O)C(O)C(O)C(=O)O. The second kappa shape index (κ2) is 21.1. The van der Waals surface area contributed by atoms with Crippen molar-refractivity contribution in [2.45, 2.75) is 62.6 Å². The minimum absolute atomic E-state index is 0.231. The molecule has 4 rings (SSSR count). The number of aliphatic hydroxyl groups is 4. The van der Waals surface area contributed by atoms with Crippen LogP contribution in [0.25, 0.3) is 0 Å². The van der Waals surface area contributed by atoms with Crippen LogP contribution in [-0.2, 0) is 28.7 Å². The zero-order valence-corrected chi connectivity index (χ0v) is 27.1. The minimum Gasteiger partial charge on any atom is -0.479 e. The van der Waals surface area contributed by atoms with Crippen molar-refractivity contribution in [2.24, 2.45) is 0 Å². The number of ether oxygens (including phenoxy) is 2. The van der Waals surface area contributed by atoms with Crippen molar-refractivity contribution in [1.82, 2.24) is 9.80 Å². The van der Waals surface area contributed by atoms with Crippen LogP contribution in [-0.4, -0.2) is 151 Å². The van der Waals surface area contributed by atoms with Crippen LogP contribution >= 0.6 is 0 Å². The highest BCUT2D eigenvalue weighted by molar-refractivity contribution is 5.83. The van der Waals surface area contributed by atoms with Crippen molar-refractivity contribution in [1.29, 1.82) is 0 Å². The highest BCUT2D eigenvalue weighted by atomic mass is 16.5. The number of carbonyl (C=O) groups is 4. The summed E-state index contributed by atoms with van der Waals surface area (Å²) in [5, 5.41) is 65.1.